The van der Waals surface area contributed by atoms with Crippen LogP contribution >= 0.6 is 0 Å². The summed E-state index contributed by atoms with van der Waals surface area (Å²) in [5, 5.41) is 17.0. The highest BCUT2D eigenvalue weighted by molar-refractivity contribution is 5.63. The van der Waals surface area contributed by atoms with Crippen LogP contribution < -0.4 is 0 Å². The van der Waals surface area contributed by atoms with Crippen molar-refractivity contribution >= 4 is 11.7 Å². The average molecular weight is 220 g/mol. The third-order valence-electron chi connectivity index (χ3n) is 2.28. The maximum atomic E-state index is 9.60. The number of carboxylic acids is 1. The first-order valence-electron chi connectivity index (χ1n) is 5.28. The second-order valence-corrected chi connectivity index (χ2v) is 3.66. The lowest BCUT2D eigenvalue weighted by atomic mass is 10.0. The van der Waals surface area contributed by atoms with Crippen LogP contribution in [0.3, 0.4) is 0 Å². The molecular formula is C13H16O3. The Bertz CT molecular complexity index is 390. The predicted octanol–water partition coefficient (Wildman–Crippen LogP) is 3.01. The van der Waals surface area contributed by atoms with Gasteiger partial charge in [0.1, 0.15) is 5.76 Å². The van der Waals surface area contributed by atoms with Gasteiger partial charge in [-0.1, -0.05) is 24.3 Å². The van der Waals surface area contributed by atoms with E-state index in [1.807, 2.05) is 24.3 Å². The van der Waals surface area contributed by atoms with Crippen molar-refractivity contribution in [2.45, 2.75) is 26.2 Å². The standard InChI is InChI=1S/C11H12O.C2H4O2/c12-11-8-4-2-6-9-5-1-3-7-10(9)11;1-2(3)4/h1,3,5,7-8,12H,2,4,6H2;1H3,(H,3,4). The van der Waals surface area contributed by atoms with Gasteiger partial charge in [-0.05, 0) is 30.9 Å². The molecule has 0 saturated carbocycles. The first kappa shape index (κ1) is 12.3. The second-order valence-electron chi connectivity index (χ2n) is 3.66. The largest absolute Gasteiger partial charge is 0.508 e. The molecule has 1 aromatic carbocycles. The van der Waals surface area contributed by atoms with Crippen LogP contribution in [0.4, 0.5) is 0 Å². The summed E-state index contributed by atoms with van der Waals surface area (Å²) in [6, 6.07) is 8.06. The van der Waals surface area contributed by atoms with E-state index in [2.05, 4.69) is 6.07 Å². The van der Waals surface area contributed by atoms with Gasteiger partial charge in [0.2, 0.25) is 0 Å². The molecule has 0 aliphatic heterocycles. The minimum atomic E-state index is -0.833. The molecule has 0 heterocycles. The molecule has 0 aromatic heterocycles. The SMILES string of the molecule is CC(=O)O.OC1=CCCCc2ccccc21. The number of fused-ring (bicyclic) bond motifs is 1. The summed E-state index contributed by atoms with van der Waals surface area (Å²) in [7, 11) is 0. The van der Waals surface area contributed by atoms with E-state index in [4.69, 9.17) is 9.90 Å². The molecular weight excluding hydrogens is 204 g/mol. The van der Waals surface area contributed by atoms with E-state index in [1.54, 1.807) is 0 Å². The number of allylic oxidation sites excluding steroid dienone is 1. The van der Waals surface area contributed by atoms with Crippen LogP contribution in [-0.2, 0) is 11.2 Å². The summed E-state index contributed by atoms with van der Waals surface area (Å²) in [5.74, 6) is -0.386. The van der Waals surface area contributed by atoms with Crippen LogP contribution in [0.1, 0.15) is 30.9 Å². The van der Waals surface area contributed by atoms with Crippen LogP contribution in [0.25, 0.3) is 5.76 Å². The smallest absolute Gasteiger partial charge is 0.300 e. The number of hydrogen-bond acceptors (Lipinski definition) is 2. The van der Waals surface area contributed by atoms with Gasteiger partial charge in [0.15, 0.2) is 0 Å². The quantitative estimate of drug-likeness (QED) is 0.706. The molecule has 1 aliphatic carbocycles. The summed E-state index contributed by atoms with van der Waals surface area (Å²) in [4.78, 5) is 9.00. The van der Waals surface area contributed by atoms with Gasteiger partial charge in [-0.3, -0.25) is 4.79 Å². The highest BCUT2D eigenvalue weighted by atomic mass is 16.4. The molecule has 2 rings (SSSR count). The predicted molar refractivity (Wildman–Crippen MR) is 63.3 cm³/mol. The van der Waals surface area contributed by atoms with E-state index < -0.39 is 5.97 Å². The van der Waals surface area contributed by atoms with Crippen LogP contribution in [0, 0.1) is 0 Å². The fraction of sp³-hybridized carbons (Fsp3) is 0.308. The van der Waals surface area contributed by atoms with E-state index in [1.165, 1.54) is 5.56 Å². The monoisotopic (exact) mass is 220 g/mol. The van der Waals surface area contributed by atoms with Crippen molar-refractivity contribution in [3.05, 3.63) is 41.5 Å². The molecule has 0 saturated heterocycles. The van der Waals surface area contributed by atoms with Crippen LogP contribution in [0.15, 0.2) is 30.3 Å². The molecule has 0 fully saturated rings. The topological polar surface area (TPSA) is 57.5 Å². The zero-order chi connectivity index (χ0) is 12.0. The van der Waals surface area contributed by atoms with E-state index in [-0.39, 0.29) is 0 Å². The lowest BCUT2D eigenvalue weighted by Gasteiger charge is -2.03. The van der Waals surface area contributed by atoms with Gasteiger partial charge >= 0.3 is 0 Å². The molecule has 0 unspecified atom stereocenters. The van der Waals surface area contributed by atoms with E-state index >= 15 is 0 Å². The molecule has 16 heavy (non-hydrogen) atoms. The molecule has 3 nitrogen and oxygen atoms in total. The molecule has 0 bridgehead atoms. The summed E-state index contributed by atoms with van der Waals surface area (Å²) in [6.07, 6.45) is 5.12. The van der Waals surface area contributed by atoms with Gasteiger partial charge < -0.3 is 10.2 Å². The molecule has 0 radical (unpaired) electrons. The number of aliphatic hydroxyl groups excluding tert-OH is 1. The summed E-state index contributed by atoms with van der Waals surface area (Å²) < 4.78 is 0. The zero-order valence-corrected chi connectivity index (χ0v) is 9.31. The highest BCUT2D eigenvalue weighted by Gasteiger charge is 2.08. The number of aliphatic hydroxyl groups is 1. The molecule has 0 amide bonds. The number of carboxylic acid groups (broad SMARTS) is 1. The van der Waals surface area contributed by atoms with Crippen molar-refractivity contribution < 1.29 is 15.0 Å². The van der Waals surface area contributed by atoms with Gasteiger partial charge in [-0.25, -0.2) is 0 Å². The Labute approximate surface area is 95.0 Å². The number of carbonyl (C=O) groups is 1. The molecule has 0 atom stereocenters. The van der Waals surface area contributed by atoms with Crippen molar-refractivity contribution in [3.63, 3.8) is 0 Å². The number of aliphatic carboxylic acids is 1. The Balaban J connectivity index is 0.000000280. The minimum Gasteiger partial charge on any atom is -0.508 e. The van der Waals surface area contributed by atoms with Crippen LogP contribution in [0.5, 0.6) is 0 Å². The first-order chi connectivity index (χ1) is 7.61. The van der Waals surface area contributed by atoms with Crippen molar-refractivity contribution in [1.29, 1.82) is 0 Å². The second kappa shape index (κ2) is 5.95. The van der Waals surface area contributed by atoms with E-state index in [0.717, 1.165) is 31.7 Å². The van der Waals surface area contributed by atoms with Gasteiger partial charge in [0.05, 0.1) is 0 Å². The minimum absolute atomic E-state index is 0.447. The maximum Gasteiger partial charge on any atom is 0.300 e. The lowest BCUT2D eigenvalue weighted by molar-refractivity contribution is -0.134. The van der Waals surface area contributed by atoms with Crippen LogP contribution in [-0.4, -0.2) is 16.2 Å². The average Bonchev–Trinajstić information content (AvgIpc) is 2.41. The Morgan fingerprint density at radius 2 is 1.94 bits per heavy atom. The maximum absolute atomic E-state index is 9.60. The molecule has 86 valence electrons. The van der Waals surface area contributed by atoms with Gasteiger partial charge in [-0.2, -0.15) is 0 Å². The number of rotatable bonds is 0. The Kier molecular flexibility index (Phi) is 4.58. The van der Waals surface area contributed by atoms with E-state index in [0.29, 0.717) is 5.76 Å². The number of benzene rings is 1. The highest BCUT2D eigenvalue weighted by Crippen LogP contribution is 2.22. The van der Waals surface area contributed by atoms with Gasteiger partial charge in [0, 0.05) is 12.5 Å². The Morgan fingerprint density at radius 3 is 2.62 bits per heavy atom. The van der Waals surface area contributed by atoms with Crippen LogP contribution in [0.2, 0.25) is 0 Å². The third kappa shape index (κ3) is 3.77. The Morgan fingerprint density at radius 1 is 1.31 bits per heavy atom. The van der Waals surface area contributed by atoms with Crippen molar-refractivity contribution in [2.75, 3.05) is 0 Å². The molecule has 1 aromatic rings. The molecule has 3 heteroatoms. The van der Waals surface area contributed by atoms with Crippen molar-refractivity contribution in [3.8, 4) is 0 Å². The summed E-state index contributed by atoms with van der Waals surface area (Å²) in [6.45, 7) is 1.08. The molecule has 0 spiro atoms. The number of aryl methyl sites for hydroxylation is 1. The van der Waals surface area contributed by atoms with Crippen molar-refractivity contribution in [1.82, 2.24) is 0 Å². The lowest BCUT2D eigenvalue weighted by Crippen LogP contribution is -1.89. The fourth-order valence-corrected chi connectivity index (χ4v) is 1.63. The third-order valence-corrected chi connectivity index (χ3v) is 2.28. The van der Waals surface area contributed by atoms with Gasteiger partial charge in [0.25, 0.3) is 5.97 Å². The zero-order valence-electron chi connectivity index (χ0n) is 9.31. The van der Waals surface area contributed by atoms with Crippen molar-refractivity contribution in [2.24, 2.45) is 0 Å². The first-order valence-corrected chi connectivity index (χ1v) is 5.28. The van der Waals surface area contributed by atoms with E-state index in [9.17, 15) is 5.11 Å². The van der Waals surface area contributed by atoms with Gasteiger partial charge in [-0.15, -0.1) is 0 Å². The fourth-order valence-electron chi connectivity index (χ4n) is 1.63. The summed E-state index contributed by atoms with van der Waals surface area (Å²) in [5.41, 5.74) is 2.28. The number of hydrogen-bond donors (Lipinski definition) is 2. The normalized spacial score (nSPS) is 13.7. The summed E-state index contributed by atoms with van der Waals surface area (Å²) >= 11 is 0. The molecule has 1 aliphatic rings. The molecule has 2 N–H and O–H groups in total. The Hall–Kier alpha value is -1.77.